The van der Waals surface area contributed by atoms with Crippen molar-refractivity contribution in [1.82, 2.24) is 5.32 Å². The van der Waals surface area contributed by atoms with Crippen LogP contribution < -0.4 is 10.6 Å². The van der Waals surface area contributed by atoms with Gasteiger partial charge in [-0.25, -0.2) is 0 Å². The third-order valence-electron chi connectivity index (χ3n) is 3.77. The molecule has 0 aromatic heterocycles. The van der Waals surface area contributed by atoms with Crippen LogP contribution >= 0.6 is 23.4 Å². The van der Waals surface area contributed by atoms with Crippen molar-refractivity contribution < 1.29 is 9.59 Å². The van der Waals surface area contributed by atoms with Crippen LogP contribution in [0.2, 0.25) is 5.02 Å². The van der Waals surface area contributed by atoms with Gasteiger partial charge in [0.25, 0.3) is 0 Å². The average Bonchev–Trinajstić information content (AvgIpc) is 2.39. The molecule has 0 bridgehead atoms. The van der Waals surface area contributed by atoms with Gasteiger partial charge in [0.05, 0.1) is 22.0 Å². The van der Waals surface area contributed by atoms with E-state index in [0.29, 0.717) is 10.7 Å². The zero-order valence-electron chi connectivity index (χ0n) is 12.2. The lowest BCUT2D eigenvalue weighted by molar-refractivity contribution is -0.127. The van der Waals surface area contributed by atoms with E-state index in [-0.39, 0.29) is 23.1 Å². The molecule has 1 saturated carbocycles. The van der Waals surface area contributed by atoms with Crippen molar-refractivity contribution in [3.63, 3.8) is 0 Å². The van der Waals surface area contributed by atoms with Gasteiger partial charge in [0.15, 0.2) is 0 Å². The van der Waals surface area contributed by atoms with Crippen molar-refractivity contribution in [1.29, 1.82) is 0 Å². The van der Waals surface area contributed by atoms with Crippen molar-refractivity contribution in [2.75, 3.05) is 18.1 Å². The minimum absolute atomic E-state index is 0.0364. The van der Waals surface area contributed by atoms with Gasteiger partial charge in [0.2, 0.25) is 11.8 Å². The molecule has 1 aliphatic rings. The summed E-state index contributed by atoms with van der Waals surface area (Å²) in [6.07, 6.45) is 4.77. The number of carbonyl (C=O) groups excluding carboxylic acids is 2. The van der Waals surface area contributed by atoms with Crippen LogP contribution in [-0.2, 0) is 9.59 Å². The second-order valence-corrected chi connectivity index (χ2v) is 6.86. The second kappa shape index (κ2) is 6.71. The Morgan fingerprint density at radius 1 is 1.38 bits per heavy atom. The van der Waals surface area contributed by atoms with E-state index < -0.39 is 0 Å². The zero-order chi connectivity index (χ0) is 15.5. The molecule has 0 saturated heterocycles. The SMILES string of the molecule is CSC1(C(=O)NCC(=O)Nc2ccc(C)cc2Cl)CCC1. The maximum absolute atomic E-state index is 12.1. The Labute approximate surface area is 134 Å². The van der Waals surface area contributed by atoms with Gasteiger partial charge in [0, 0.05) is 0 Å². The van der Waals surface area contributed by atoms with Crippen LogP contribution in [0.15, 0.2) is 18.2 Å². The van der Waals surface area contributed by atoms with Gasteiger partial charge in [-0.3, -0.25) is 9.59 Å². The number of nitrogens with one attached hydrogen (secondary N) is 2. The van der Waals surface area contributed by atoms with Gasteiger partial charge in [-0.2, -0.15) is 0 Å². The summed E-state index contributed by atoms with van der Waals surface area (Å²) in [5, 5.41) is 5.91. The Morgan fingerprint density at radius 2 is 2.10 bits per heavy atom. The Hall–Kier alpha value is -1.20. The average molecular weight is 327 g/mol. The molecule has 1 aliphatic carbocycles. The first-order chi connectivity index (χ1) is 9.97. The summed E-state index contributed by atoms with van der Waals surface area (Å²) < 4.78 is -0.332. The third kappa shape index (κ3) is 3.71. The van der Waals surface area contributed by atoms with Gasteiger partial charge in [-0.1, -0.05) is 17.7 Å². The monoisotopic (exact) mass is 326 g/mol. The maximum Gasteiger partial charge on any atom is 0.243 e. The van der Waals surface area contributed by atoms with Gasteiger partial charge < -0.3 is 10.6 Å². The van der Waals surface area contributed by atoms with Crippen molar-refractivity contribution in [2.45, 2.75) is 30.9 Å². The summed E-state index contributed by atoms with van der Waals surface area (Å²) in [7, 11) is 0. The molecule has 2 N–H and O–H groups in total. The number of carbonyl (C=O) groups is 2. The highest BCUT2D eigenvalue weighted by Gasteiger charge is 2.43. The number of anilines is 1. The standard InChI is InChI=1S/C15H19ClN2O2S/c1-10-4-5-12(11(16)8-10)18-13(19)9-17-14(20)15(21-2)6-3-7-15/h4-5,8H,3,6-7,9H2,1-2H3,(H,17,20)(H,18,19). The van der Waals surface area contributed by atoms with E-state index in [2.05, 4.69) is 10.6 Å². The number of hydrogen-bond acceptors (Lipinski definition) is 3. The fourth-order valence-corrected chi connectivity index (χ4v) is 3.50. The van der Waals surface area contributed by atoms with Crippen molar-refractivity contribution in [3.8, 4) is 0 Å². The molecular formula is C15H19ClN2O2S. The minimum Gasteiger partial charge on any atom is -0.346 e. The first-order valence-electron chi connectivity index (χ1n) is 6.86. The number of hydrogen-bond donors (Lipinski definition) is 2. The summed E-state index contributed by atoms with van der Waals surface area (Å²) in [5.74, 6) is -0.323. The number of benzene rings is 1. The fourth-order valence-electron chi connectivity index (χ4n) is 2.26. The van der Waals surface area contributed by atoms with Gasteiger partial charge in [0.1, 0.15) is 0 Å². The number of aryl methyl sites for hydroxylation is 1. The third-order valence-corrected chi connectivity index (χ3v) is 5.46. The molecule has 0 radical (unpaired) electrons. The number of halogens is 1. The van der Waals surface area contributed by atoms with Crippen LogP contribution in [0.25, 0.3) is 0 Å². The molecule has 2 amide bonds. The van der Waals surface area contributed by atoms with E-state index in [1.54, 1.807) is 23.9 Å². The van der Waals surface area contributed by atoms with Crippen LogP contribution in [-0.4, -0.2) is 29.4 Å². The molecule has 0 heterocycles. The lowest BCUT2D eigenvalue weighted by Crippen LogP contribution is -2.50. The van der Waals surface area contributed by atoms with E-state index in [9.17, 15) is 9.59 Å². The molecule has 0 aliphatic heterocycles. The van der Waals surface area contributed by atoms with E-state index >= 15 is 0 Å². The molecule has 6 heteroatoms. The minimum atomic E-state index is -0.332. The summed E-state index contributed by atoms with van der Waals surface area (Å²) in [5.41, 5.74) is 1.59. The second-order valence-electron chi connectivity index (χ2n) is 5.27. The van der Waals surface area contributed by atoms with Crippen molar-refractivity contribution in [2.24, 2.45) is 0 Å². The Bertz CT molecular complexity index is 553. The predicted octanol–water partition coefficient (Wildman–Crippen LogP) is 2.99. The first-order valence-corrected chi connectivity index (χ1v) is 8.46. The largest absolute Gasteiger partial charge is 0.346 e. The molecular weight excluding hydrogens is 308 g/mol. The zero-order valence-corrected chi connectivity index (χ0v) is 13.7. The number of rotatable bonds is 5. The highest BCUT2D eigenvalue weighted by atomic mass is 35.5. The maximum atomic E-state index is 12.1. The van der Waals surface area contributed by atoms with E-state index in [1.165, 1.54) is 0 Å². The topological polar surface area (TPSA) is 58.2 Å². The van der Waals surface area contributed by atoms with E-state index in [4.69, 9.17) is 11.6 Å². The van der Waals surface area contributed by atoms with E-state index in [1.807, 2.05) is 19.2 Å². The van der Waals surface area contributed by atoms with Crippen LogP contribution in [0.1, 0.15) is 24.8 Å². The van der Waals surface area contributed by atoms with Crippen LogP contribution in [0.3, 0.4) is 0 Å². The van der Waals surface area contributed by atoms with Crippen LogP contribution in [0.4, 0.5) is 5.69 Å². The van der Waals surface area contributed by atoms with Crippen LogP contribution in [0.5, 0.6) is 0 Å². The Morgan fingerprint density at radius 3 is 2.62 bits per heavy atom. The van der Waals surface area contributed by atoms with Crippen molar-refractivity contribution >= 4 is 40.9 Å². The molecule has 21 heavy (non-hydrogen) atoms. The normalized spacial score (nSPS) is 16.0. The molecule has 0 atom stereocenters. The molecule has 0 spiro atoms. The summed E-state index contributed by atoms with van der Waals surface area (Å²) in [4.78, 5) is 24.0. The Kier molecular flexibility index (Phi) is 5.17. The summed E-state index contributed by atoms with van der Waals surface area (Å²) >= 11 is 7.62. The predicted molar refractivity (Wildman–Crippen MR) is 87.9 cm³/mol. The van der Waals surface area contributed by atoms with Gasteiger partial charge >= 0.3 is 0 Å². The lowest BCUT2D eigenvalue weighted by Gasteiger charge is -2.38. The molecule has 4 nitrogen and oxygen atoms in total. The first kappa shape index (κ1) is 16.2. The smallest absolute Gasteiger partial charge is 0.243 e. The van der Waals surface area contributed by atoms with Gasteiger partial charge in [-0.15, -0.1) is 11.8 Å². The molecule has 1 aromatic rings. The van der Waals surface area contributed by atoms with Crippen LogP contribution in [0, 0.1) is 6.92 Å². The highest BCUT2D eigenvalue weighted by Crippen LogP contribution is 2.42. The van der Waals surface area contributed by atoms with E-state index in [0.717, 1.165) is 24.8 Å². The summed E-state index contributed by atoms with van der Waals surface area (Å²) in [6.45, 7) is 1.89. The molecule has 1 fully saturated rings. The fraction of sp³-hybridized carbons (Fsp3) is 0.467. The molecule has 1 aromatic carbocycles. The highest BCUT2D eigenvalue weighted by molar-refractivity contribution is 8.00. The quantitative estimate of drug-likeness (QED) is 0.874. The van der Waals surface area contributed by atoms with Gasteiger partial charge in [-0.05, 0) is 50.1 Å². The molecule has 2 rings (SSSR count). The number of amides is 2. The lowest BCUT2D eigenvalue weighted by atomic mass is 9.83. The molecule has 0 unspecified atom stereocenters. The molecule has 114 valence electrons. The summed E-state index contributed by atoms with van der Waals surface area (Å²) in [6, 6.07) is 5.41. The number of thioether (sulfide) groups is 1. The van der Waals surface area contributed by atoms with Crippen molar-refractivity contribution in [3.05, 3.63) is 28.8 Å². The Balaban J connectivity index is 1.86.